The molecular formula is C30H42O9. The lowest BCUT2D eigenvalue weighted by atomic mass is 9.58. The van der Waals surface area contributed by atoms with Crippen molar-refractivity contribution in [3.8, 4) is 0 Å². The van der Waals surface area contributed by atoms with Crippen molar-refractivity contribution in [2.24, 2.45) is 35.0 Å². The fourth-order valence-electron chi connectivity index (χ4n) is 7.66. The molecule has 39 heavy (non-hydrogen) atoms. The summed E-state index contributed by atoms with van der Waals surface area (Å²) in [6.45, 7) is 13.0. The van der Waals surface area contributed by atoms with Gasteiger partial charge in [-0.05, 0) is 44.4 Å². The number of ketones is 1. The molecule has 0 aromatic rings. The van der Waals surface area contributed by atoms with Gasteiger partial charge in [-0.2, -0.15) is 0 Å². The second-order valence-corrected chi connectivity index (χ2v) is 12.5. The third-order valence-corrected chi connectivity index (χ3v) is 10.4. The first-order chi connectivity index (χ1) is 18.0. The zero-order valence-corrected chi connectivity index (χ0v) is 24.0. The summed E-state index contributed by atoms with van der Waals surface area (Å²) in [6.07, 6.45) is 2.14. The van der Waals surface area contributed by atoms with Crippen LogP contribution in [-0.4, -0.2) is 73.8 Å². The minimum Gasteiger partial charge on any atom is -0.454 e. The van der Waals surface area contributed by atoms with Crippen LogP contribution in [-0.2, 0) is 23.9 Å². The van der Waals surface area contributed by atoms with Gasteiger partial charge in [0.15, 0.2) is 17.0 Å². The van der Waals surface area contributed by atoms with Crippen LogP contribution in [0.3, 0.4) is 0 Å². The molecule has 0 spiro atoms. The number of rotatable bonds is 6. The first-order valence-electron chi connectivity index (χ1n) is 13.8. The number of carbonyl (C=O) groups is 3. The molecule has 0 aromatic carbocycles. The number of aliphatic hydroxyl groups excluding tert-OH is 2. The van der Waals surface area contributed by atoms with E-state index >= 15 is 0 Å². The highest BCUT2D eigenvalue weighted by atomic mass is 16.6. The van der Waals surface area contributed by atoms with Gasteiger partial charge in [0.25, 0.3) is 0 Å². The maximum Gasteiger partial charge on any atom is 0.333 e. The average molecular weight is 547 g/mol. The second kappa shape index (κ2) is 9.36. The predicted octanol–water partition coefficient (Wildman–Crippen LogP) is 2.01. The molecule has 1 unspecified atom stereocenters. The predicted molar refractivity (Wildman–Crippen MR) is 141 cm³/mol. The van der Waals surface area contributed by atoms with Gasteiger partial charge in [0, 0.05) is 34.7 Å². The lowest BCUT2D eigenvalue weighted by Gasteiger charge is -2.54. The lowest BCUT2D eigenvalue weighted by molar-refractivity contribution is -0.240. The second-order valence-electron chi connectivity index (χ2n) is 12.5. The minimum absolute atomic E-state index is 0.00265. The van der Waals surface area contributed by atoms with Crippen LogP contribution in [0.2, 0.25) is 0 Å². The van der Waals surface area contributed by atoms with E-state index in [0.717, 1.165) is 6.08 Å². The van der Waals surface area contributed by atoms with Gasteiger partial charge in [0.1, 0.15) is 6.10 Å². The molecule has 4 N–H and O–H groups in total. The highest BCUT2D eigenvalue weighted by molar-refractivity contribution is 6.06. The third kappa shape index (κ3) is 3.69. The Balaban J connectivity index is 1.98. The van der Waals surface area contributed by atoms with Gasteiger partial charge in [-0.1, -0.05) is 46.8 Å². The Kier molecular flexibility index (Phi) is 7.12. The Labute approximate surface area is 229 Å². The zero-order chi connectivity index (χ0) is 29.5. The molecule has 0 bridgehead atoms. The van der Waals surface area contributed by atoms with Gasteiger partial charge >= 0.3 is 11.9 Å². The molecule has 0 aliphatic heterocycles. The van der Waals surface area contributed by atoms with Gasteiger partial charge in [-0.3, -0.25) is 9.59 Å². The van der Waals surface area contributed by atoms with Crippen LogP contribution in [0.5, 0.6) is 0 Å². The summed E-state index contributed by atoms with van der Waals surface area (Å²) in [5.74, 6) is -6.25. The van der Waals surface area contributed by atoms with Crippen LogP contribution in [0.4, 0.5) is 0 Å². The number of esters is 2. The summed E-state index contributed by atoms with van der Waals surface area (Å²) in [7, 11) is 0. The van der Waals surface area contributed by atoms with Gasteiger partial charge in [-0.15, -0.1) is 0 Å². The van der Waals surface area contributed by atoms with Crippen LogP contribution >= 0.6 is 0 Å². The van der Waals surface area contributed by atoms with Crippen LogP contribution in [0, 0.1) is 35.0 Å². The normalized spacial score (nSPS) is 43.2. The molecule has 10 atom stereocenters. The molecule has 0 aromatic heterocycles. The van der Waals surface area contributed by atoms with E-state index in [9.17, 15) is 34.8 Å². The lowest BCUT2D eigenvalue weighted by Crippen LogP contribution is -2.68. The first kappa shape index (κ1) is 29.6. The van der Waals surface area contributed by atoms with Crippen molar-refractivity contribution in [1.29, 1.82) is 0 Å². The van der Waals surface area contributed by atoms with Crippen LogP contribution in [0.15, 0.2) is 34.9 Å². The molecule has 2 saturated carbocycles. The molecule has 9 heteroatoms. The van der Waals surface area contributed by atoms with E-state index in [2.05, 4.69) is 0 Å². The molecule has 0 heterocycles. The summed E-state index contributed by atoms with van der Waals surface area (Å²) >= 11 is 0. The molecule has 2 fully saturated rings. The van der Waals surface area contributed by atoms with Crippen molar-refractivity contribution in [1.82, 2.24) is 0 Å². The van der Waals surface area contributed by atoms with E-state index in [1.165, 1.54) is 13.0 Å². The number of carbonyl (C=O) groups excluding carboxylic acids is 3. The summed E-state index contributed by atoms with van der Waals surface area (Å²) in [5.41, 5.74) is -5.95. The van der Waals surface area contributed by atoms with E-state index in [1.54, 1.807) is 33.8 Å². The number of fused-ring (bicyclic) bond motifs is 5. The molecule has 4 rings (SSSR count). The fraction of sp³-hybridized carbons (Fsp3) is 0.700. The van der Waals surface area contributed by atoms with E-state index in [4.69, 9.17) is 9.47 Å². The first-order valence-corrected chi connectivity index (χ1v) is 13.8. The maximum absolute atomic E-state index is 13.3. The highest BCUT2D eigenvalue weighted by Gasteiger charge is 2.89. The minimum atomic E-state index is -2.22. The Morgan fingerprint density at radius 3 is 2.38 bits per heavy atom. The Morgan fingerprint density at radius 1 is 1.23 bits per heavy atom. The molecule has 216 valence electrons. The number of aliphatic hydroxyl groups is 4. The van der Waals surface area contributed by atoms with E-state index < -0.39 is 88.3 Å². The number of ether oxygens (including phenoxy) is 2. The summed E-state index contributed by atoms with van der Waals surface area (Å²) < 4.78 is 12.3. The van der Waals surface area contributed by atoms with Crippen molar-refractivity contribution in [2.75, 3.05) is 6.61 Å². The Hall–Kier alpha value is -2.33. The van der Waals surface area contributed by atoms with Gasteiger partial charge in [-0.25, -0.2) is 4.79 Å². The third-order valence-electron chi connectivity index (χ3n) is 10.4. The summed E-state index contributed by atoms with van der Waals surface area (Å²) in [5, 5.41) is 46.4. The smallest absolute Gasteiger partial charge is 0.333 e. The van der Waals surface area contributed by atoms with Crippen molar-refractivity contribution in [3.63, 3.8) is 0 Å². The molecule has 4 aliphatic carbocycles. The van der Waals surface area contributed by atoms with Crippen molar-refractivity contribution < 1.29 is 44.3 Å². The quantitative estimate of drug-likeness (QED) is 0.223. The molecule has 0 saturated heterocycles. The van der Waals surface area contributed by atoms with E-state index in [-0.39, 0.29) is 11.1 Å². The molecule has 9 nitrogen and oxygen atoms in total. The Morgan fingerprint density at radius 2 is 1.85 bits per heavy atom. The largest absolute Gasteiger partial charge is 0.454 e. The number of hydrogen-bond acceptors (Lipinski definition) is 9. The van der Waals surface area contributed by atoms with Crippen LogP contribution in [0.1, 0.15) is 61.8 Å². The monoisotopic (exact) mass is 546 g/mol. The molecule has 4 aliphatic rings. The molecule has 0 amide bonds. The van der Waals surface area contributed by atoms with Crippen molar-refractivity contribution in [3.05, 3.63) is 34.9 Å². The zero-order valence-electron chi connectivity index (χ0n) is 24.0. The van der Waals surface area contributed by atoms with Crippen molar-refractivity contribution >= 4 is 17.7 Å². The van der Waals surface area contributed by atoms with Crippen molar-refractivity contribution in [2.45, 2.75) is 90.8 Å². The van der Waals surface area contributed by atoms with Gasteiger partial charge in [0.05, 0.1) is 24.2 Å². The van der Waals surface area contributed by atoms with Crippen LogP contribution < -0.4 is 0 Å². The summed E-state index contributed by atoms with van der Waals surface area (Å²) in [4.78, 5) is 39.7. The van der Waals surface area contributed by atoms with E-state index in [1.807, 2.05) is 20.8 Å². The Bertz CT molecular complexity index is 1180. The van der Waals surface area contributed by atoms with Crippen LogP contribution in [0.25, 0.3) is 0 Å². The maximum atomic E-state index is 13.3. The van der Waals surface area contributed by atoms with E-state index in [0.29, 0.717) is 12.0 Å². The summed E-state index contributed by atoms with van der Waals surface area (Å²) in [6, 6.07) is 0. The molecular weight excluding hydrogens is 504 g/mol. The fourth-order valence-corrected chi connectivity index (χ4v) is 7.66. The van der Waals surface area contributed by atoms with Gasteiger partial charge < -0.3 is 29.9 Å². The van der Waals surface area contributed by atoms with Gasteiger partial charge in [0.2, 0.25) is 0 Å². The average Bonchev–Trinajstić information content (AvgIpc) is 3.30. The standard InChI is InChI=1S/C30H42O9/c1-9-14(3)25(34)38-24-17(6)29(37)19-11-16(5)23(33)28(19,36)12-18(13-31)21(32)20(29)22-27(7,8)30(22,24)39-26(35)15(4)10-2/h9,11-12,15,17,19-22,24,31-32,36-37H,10,13H2,1-8H3/b14-9+/t15?,17-,19-,20+,21+,22-,24-,28-,29+,30-/m1/s1. The SMILES string of the molecule is C/C=C(\C)C(=O)O[C@@H]1[C@@H](C)[C@@]2(O)[C@H]([C@@H]3C(C)(C)[C@]13OC(=O)C(C)CC)[C@@H](O)C(CO)=C[C@]1(O)C(=O)C(C)=C[C@@H]21. The number of hydrogen-bond donors (Lipinski definition) is 4. The number of allylic oxidation sites excluding steroid dienone is 1. The highest BCUT2D eigenvalue weighted by Crippen LogP contribution is 2.77. The molecule has 0 radical (unpaired) electrons. The topological polar surface area (TPSA) is 151 Å². The number of Topliss-reactive ketones (excluding diaryl/α,β-unsaturated/α-hetero) is 1.